The molecule has 0 unspecified atom stereocenters. The van der Waals surface area contributed by atoms with Crippen LogP contribution in [0.15, 0.2) is 17.1 Å². The van der Waals surface area contributed by atoms with E-state index in [0.717, 1.165) is 0 Å². The van der Waals surface area contributed by atoms with Gasteiger partial charge in [-0.05, 0) is 50.3 Å². The molecule has 0 radical (unpaired) electrons. The minimum atomic E-state index is 0.573. The SMILES string of the molecule is Cc1cc(C)c(C=NC2CCCCC2)c(C)c1. The second-order valence-corrected chi connectivity index (χ2v) is 5.38. The molecule has 0 spiro atoms. The van der Waals surface area contributed by atoms with Gasteiger partial charge < -0.3 is 0 Å². The second-order valence-electron chi connectivity index (χ2n) is 5.38. The van der Waals surface area contributed by atoms with Gasteiger partial charge in [0, 0.05) is 12.3 Å². The molecule has 1 heteroatoms. The van der Waals surface area contributed by atoms with Crippen LogP contribution in [-0.2, 0) is 0 Å². The van der Waals surface area contributed by atoms with E-state index in [9.17, 15) is 0 Å². The lowest BCUT2D eigenvalue weighted by molar-refractivity contribution is 0.444. The first-order valence-corrected chi connectivity index (χ1v) is 6.78. The van der Waals surface area contributed by atoms with E-state index in [-0.39, 0.29) is 0 Å². The number of hydrogen-bond acceptors (Lipinski definition) is 1. The van der Waals surface area contributed by atoms with Gasteiger partial charge in [0.15, 0.2) is 0 Å². The van der Waals surface area contributed by atoms with E-state index < -0.39 is 0 Å². The summed E-state index contributed by atoms with van der Waals surface area (Å²) < 4.78 is 0. The Balaban J connectivity index is 2.14. The predicted molar refractivity (Wildman–Crippen MR) is 75.1 cm³/mol. The standard InChI is InChI=1S/C16H23N/c1-12-9-13(2)16(14(3)10-12)11-17-15-7-5-4-6-8-15/h9-11,15H,4-8H2,1-3H3. The van der Waals surface area contributed by atoms with Gasteiger partial charge in [0.2, 0.25) is 0 Å². The summed E-state index contributed by atoms with van der Waals surface area (Å²) >= 11 is 0. The van der Waals surface area contributed by atoms with E-state index in [4.69, 9.17) is 4.99 Å². The molecule has 1 nitrogen and oxygen atoms in total. The fourth-order valence-electron chi connectivity index (χ4n) is 2.80. The molecule has 1 saturated carbocycles. The van der Waals surface area contributed by atoms with E-state index in [2.05, 4.69) is 39.1 Å². The monoisotopic (exact) mass is 229 g/mol. The summed E-state index contributed by atoms with van der Waals surface area (Å²) in [6.07, 6.45) is 8.78. The van der Waals surface area contributed by atoms with Crippen LogP contribution >= 0.6 is 0 Å². The molecule has 1 aromatic rings. The largest absolute Gasteiger partial charge is 0.289 e. The zero-order chi connectivity index (χ0) is 12.3. The van der Waals surface area contributed by atoms with Crippen molar-refractivity contribution in [2.75, 3.05) is 0 Å². The van der Waals surface area contributed by atoms with Crippen molar-refractivity contribution in [3.8, 4) is 0 Å². The molecule has 0 amide bonds. The molecule has 1 aliphatic carbocycles. The van der Waals surface area contributed by atoms with Crippen LogP contribution in [-0.4, -0.2) is 12.3 Å². The van der Waals surface area contributed by atoms with Gasteiger partial charge >= 0.3 is 0 Å². The van der Waals surface area contributed by atoms with Crippen molar-refractivity contribution in [3.05, 3.63) is 34.4 Å². The Hall–Kier alpha value is -1.11. The minimum absolute atomic E-state index is 0.573. The summed E-state index contributed by atoms with van der Waals surface area (Å²) in [7, 11) is 0. The summed E-state index contributed by atoms with van der Waals surface area (Å²) in [6.45, 7) is 6.52. The zero-order valence-corrected chi connectivity index (χ0v) is 11.3. The summed E-state index contributed by atoms with van der Waals surface area (Å²) in [5, 5.41) is 0. The van der Waals surface area contributed by atoms with Gasteiger partial charge in [-0.15, -0.1) is 0 Å². The van der Waals surface area contributed by atoms with E-state index in [1.807, 2.05) is 0 Å². The first-order chi connectivity index (χ1) is 8.16. The molecule has 0 aromatic heterocycles. The van der Waals surface area contributed by atoms with Gasteiger partial charge in [-0.1, -0.05) is 37.0 Å². The Morgan fingerprint density at radius 2 is 1.59 bits per heavy atom. The van der Waals surface area contributed by atoms with Crippen LogP contribution in [0.4, 0.5) is 0 Å². The molecular weight excluding hydrogens is 206 g/mol. The molecule has 92 valence electrons. The molecule has 0 saturated heterocycles. The molecule has 1 aliphatic rings. The highest BCUT2D eigenvalue weighted by atomic mass is 14.8. The fourth-order valence-corrected chi connectivity index (χ4v) is 2.80. The average molecular weight is 229 g/mol. The summed E-state index contributed by atoms with van der Waals surface area (Å²) in [6, 6.07) is 5.06. The summed E-state index contributed by atoms with van der Waals surface area (Å²) in [4.78, 5) is 4.78. The highest BCUT2D eigenvalue weighted by Crippen LogP contribution is 2.21. The molecule has 0 heterocycles. The van der Waals surface area contributed by atoms with E-state index in [0.29, 0.717) is 6.04 Å². The number of rotatable bonds is 2. The smallest absolute Gasteiger partial charge is 0.0499 e. The van der Waals surface area contributed by atoms with Crippen LogP contribution in [0.5, 0.6) is 0 Å². The van der Waals surface area contributed by atoms with Crippen molar-refractivity contribution in [2.45, 2.75) is 58.9 Å². The van der Waals surface area contributed by atoms with Gasteiger partial charge in [-0.3, -0.25) is 4.99 Å². The Bertz CT molecular complexity index is 389. The number of nitrogens with zero attached hydrogens (tertiary/aromatic N) is 1. The number of benzene rings is 1. The zero-order valence-electron chi connectivity index (χ0n) is 11.3. The molecule has 0 atom stereocenters. The molecule has 0 aliphatic heterocycles. The first-order valence-electron chi connectivity index (χ1n) is 6.78. The van der Waals surface area contributed by atoms with Gasteiger partial charge in [0.05, 0.1) is 0 Å². The van der Waals surface area contributed by atoms with Gasteiger partial charge in [-0.2, -0.15) is 0 Å². The number of aliphatic imine (C=N–C) groups is 1. The number of hydrogen-bond donors (Lipinski definition) is 0. The van der Waals surface area contributed by atoms with E-state index in [1.165, 1.54) is 54.4 Å². The molecule has 0 bridgehead atoms. The molecule has 17 heavy (non-hydrogen) atoms. The van der Waals surface area contributed by atoms with Crippen LogP contribution < -0.4 is 0 Å². The Morgan fingerprint density at radius 1 is 1.00 bits per heavy atom. The molecule has 0 N–H and O–H groups in total. The van der Waals surface area contributed by atoms with Gasteiger partial charge in [0.25, 0.3) is 0 Å². The Morgan fingerprint density at radius 3 is 2.18 bits per heavy atom. The molecule has 1 fully saturated rings. The van der Waals surface area contributed by atoms with Gasteiger partial charge in [-0.25, -0.2) is 0 Å². The first kappa shape index (κ1) is 12.3. The van der Waals surface area contributed by atoms with Gasteiger partial charge in [0.1, 0.15) is 0 Å². The third kappa shape index (κ3) is 3.18. The van der Waals surface area contributed by atoms with Crippen molar-refractivity contribution in [1.29, 1.82) is 0 Å². The maximum absolute atomic E-state index is 4.78. The van der Waals surface area contributed by atoms with Crippen molar-refractivity contribution in [3.63, 3.8) is 0 Å². The second kappa shape index (κ2) is 5.48. The summed E-state index contributed by atoms with van der Waals surface area (Å²) in [5.74, 6) is 0. The van der Waals surface area contributed by atoms with Crippen LogP contribution in [0.2, 0.25) is 0 Å². The Labute approximate surface area is 105 Å². The van der Waals surface area contributed by atoms with E-state index >= 15 is 0 Å². The number of aryl methyl sites for hydroxylation is 3. The van der Waals surface area contributed by atoms with Crippen molar-refractivity contribution in [2.24, 2.45) is 4.99 Å². The highest BCUT2D eigenvalue weighted by Gasteiger charge is 2.11. The minimum Gasteiger partial charge on any atom is -0.289 e. The molecule has 2 rings (SSSR count). The van der Waals surface area contributed by atoms with Crippen LogP contribution in [0.1, 0.15) is 54.4 Å². The molecule has 1 aromatic carbocycles. The topological polar surface area (TPSA) is 12.4 Å². The average Bonchev–Trinajstić information content (AvgIpc) is 2.29. The third-order valence-electron chi connectivity index (χ3n) is 3.73. The molecular formula is C16H23N. The Kier molecular flexibility index (Phi) is 3.98. The quantitative estimate of drug-likeness (QED) is 0.668. The van der Waals surface area contributed by atoms with Crippen LogP contribution in [0.3, 0.4) is 0 Å². The normalized spacial score (nSPS) is 17.8. The summed E-state index contributed by atoms with van der Waals surface area (Å²) in [5.41, 5.74) is 5.36. The van der Waals surface area contributed by atoms with Crippen molar-refractivity contribution < 1.29 is 0 Å². The fraction of sp³-hybridized carbons (Fsp3) is 0.562. The van der Waals surface area contributed by atoms with Crippen molar-refractivity contribution >= 4 is 6.21 Å². The predicted octanol–water partition coefficient (Wildman–Crippen LogP) is 4.36. The van der Waals surface area contributed by atoms with E-state index in [1.54, 1.807) is 0 Å². The van der Waals surface area contributed by atoms with Crippen LogP contribution in [0.25, 0.3) is 0 Å². The van der Waals surface area contributed by atoms with Crippen LogP contribution in [0, 0.1) is 20.8 Å². The third-order valence-corrected chi connectivity index (χ3v) is 3.73. The lowest BCUT2D eigenvalue weighted by atomic mass is 9.95. The lowest BCUT2D eigenvalue weighted by Gasteiger charge is -2.17. The lowest BCUT2D eigenvalue weighted by Crippen LogP contribution is -2.10. The maximum atomic E-state index is 4.78. The van der Waals surface area contributed by atoms with Crippen molar-refractivity contribution in [1.82, 2.24) is 0 Å². The maximum Gasteiger partial charge on any atom is 0.0499 e. The highest BCUT2D eigenvalue weighted by molar-refractivity contribution is 5.84.